The third kappa shape index (κ3) is 6.13. The van der Waals surface area contributed by atoms with Gasteiger partial charge in [-0.25, -0.2) is 4.79 Å². The van der Waals surface area contributed by atoms with Gasteiger partial charge >= 0.3 is 6.16 Å². The molecule has 1 aliphatic heterocycles. The van der Waals surface area contributed by atoms with E-state index in [2.05, 4.69) is 0 Å². The third-order valence-corrected chi connectivity index (χ3v) is 4.07. The zero-order chi connectivity index (χ0) is 19.8. The molecule has 0 unspecified atom stereocenters. The Morgan fingerprint density at radius 2 is 1.63 bits per heavy atom. The molecule has 146 valence electrons. The van der Waals surface area contributed by atoms with Crippen molar-refractivity contribution in [1.29, 1.82) is 0 Å². The Bertz CT molecular complexity index is 708. The molecule has 0 aromatic heterocycles. The highest BCUT2D eigenvalue weighted by atomic mass is 16.7. The van der Waals surface area contributed by atoms with Crippen LogP contribution >= 0.6 is 0 Å². The molecule has 27 heavy (non-hydrogen) atoms. The van der Waals surface area contributed by atoms with Crippen molar-refractivity contribution < 1.29 is 23.9 Å². The van der Waals surface area contributed by atoms with Crippen LogP contribution in [0.3, 0.4) is 0 Å². The van der Waals surface area contributed by atoms with Gasteiger partial charge in [-0.2, -0.15) is 0 Å². The summed E-state index contributed by atoms with van der Waals surface area (Å²) in [7, 11) is 0. The lowest BCUT2D eigenvalue weighted by Gasteiger charge is -2.21. The van der Waals surface area contributed by atoms with E-state index in [4.69, 9.17) is 9.47 Å². The lowest BCUT2D eigenvalue weighted by atomic mass is 10.2. The highest BCUT2D eigenvalue weighted by Crippen LogP contribution is 2.16. The number of hydrogen-bond acceptors (Lipinski definition) is 5. The van der Waals surface area contributed by atoms with E-state index in [0.717, 1.165) is 12.0 Å². The number of allylic oxidation sites excluding steroid dienone is 1. The summed E-state index contributed by atoms with van der Waals surface area (Å²) in [6.07, 6.45) is 1.59. The summed E-state index contributed by atoms with van der Waals surface area (Å²) in [6, 6.07) is 6.36. The SMILES string of the molecule is CCOC(=O)Oc1ccc(C(=O)N2CCCN(C(=O)C=C(C)C)CC2)cc1. The summed E-state index contributed by atoms with van der Waals surface area (Å²) in [4.78, 5) is 39.7. The van der Waals surface area contributed by atoms with Crippen LogP contribution in [0.15, 0.2) is 35.9 Å². The molecule has 0 aliphatic carbocycles. The minimum Gasteiger partial charge on any atom is -0.434 e. The van der Waals surface area contributed by atoms with Crippen LogP contribution in [0.2, 0.25) is 0 Å². The number of benzene rings is 1. The van der Waals surface area contributed by atoms with E-state index in [9.17, 15) is 14.4 Å². The van der Waals surface area contributed by atoms with E-state index < -0.39 is 6.16 Å². The molecule has 0 radical (unpaired) electrons. The van der Waals surface area contributed by atoms with Gasteiger partial charge in [-0.3, -0.25) is 9.59 Å². The van der Waals surface area contributed by atoms with Gasteiger partial charge in [0.2, 0.25) is 5.91 Å². The van der Waals surface area contributed by atoms with Gasteiger partial charge in [0.25, 0.3) is 5.91 Å². The summed E-state index contributed by atoms with van der Waals surface area (Å²) in [5.74, 6) is 0.207. The van der Waals surface area contributed by atoms with E-state index in [-0.39, 0.29) is 18.4 Å². The summed E-state index contributed by atoms with van der Waals surface area (Å²) < 4.78 is 9.70. The van der Waals surface area contributed by atoms with E-state index in [1.165, 1.54) is 0 Å². The lowest BCUT2D eigenvalue weighted by Crippen LogP contribution is -2.36. The molecule has 1 fully saturated rings. The van der Waals surface area contributed by atoms with Crippen LogP contribution < -0.4 is 4.74 Å². The first kappa shape index (κ1) is 20.5. The first-order valence-corrected chi connectivity index (χ1v) is 9.08. The Balaban J connectivity index is 1.96. The molecule has 1 heterocycles. The number of amides is 2. The Hall–Kier alpha value is -2.83. The second kappa shape index (κ2) is 9.75. The zero-order valence-electron chi connectivity index (χ0n) is 16.1. The first-order chi connectivity index (χ1) is 12.9. The third-order valence-electron chi connectivity index (χ3n) is 4.07. The Morgan fingerprint density at radius 1 is 1.00 bits per heavy atom. The fourth-order valence-corrected chi connectivity index (χ4v) is 2.77. The maximum absolute atomic E-state index is 12.7. The zero-order valence-corrected chi connectivity index (χ0v) is 16.1. The fraction of sp³-hybridized carbons (Fsp3) is 0.450. The molecule has 7 heteroatoms. The molecule has 2 amide bonds. The van der Waals surface area contributed by atoms with Crippen molar-refractivity contribution in [2.45, 2.75) is 27.2 Å². The second-order valence-corrected chi connectivity index (χ2v) is 6.50. The first-order valence-electron chi connectivity index (χ1n) is 9.08. The maximum atomic E-state index is 12.7. The number of ether oxygens (including phenoxy) is 2. The molecule has 2 rings (SSSR count). The Kier molecular flexibility index (Phi) is 7.40. The van der Waals surface area contributed by atoms with Gasteiger partial charge in [-0.15, -0.1) is 0 Å². The van der Waals surface area contributed by atoms with E-state index in [0.29, 0.717) is 37.5 Å². The number of hydrogen-bond donors (Lipinski definition) is 0. The Labute approximate surface area is 159 Å². The molecule has 0 saturated carbocycles. The Morgan fingerprint density at radius 3 is 2.26 bits per heavy atom. The van der Waals surface area contributed by atoms with Crippen LogP contribution in [0.4, 0.5) is 4.79 Å². The highest BCUT2D eigenvalue weighted by Gasteiger charge is 2.22. The predicted molar refractivity (Wildman–Crippen MR) is 101 cm³/mol. The fourth-order valence-electron chi connectivity index (χ4n) is 2.77. The topological polar surface area (TPSA) is 76.2 Å². The smallest absolute Gasteiger partial charge is 0.434 e. The van der Waals surface area contributed by atoms with E-state index >= 15 is 0 Å². The van der Waals surface area contributed by atoms with E-state index in [1.54, 1.807) is 47.1 Å². The number of carbonyl (C=O) groups is 3. The monoisotopic (exact) mass is 374 g/mol. The highest BCUT2D eigenvalue weighted by molar-refractivity contribution is 5.94. The van der Waals surface area contributed by atoms with Crippen molar-refractivity contribution in [3.63, 3.8) is 0 Å². The predicted octanol–water partition coefficient (Wildman–Crippen LogP) is 2.86. The quantitative estimate of drug-likeness (QED) is 0.460. The molecule has 1 aromatic rings. The molecular formula is C20H26N2O5. The van der Waals surface area contributed by atoms with Crippen molar-refractivity contribution >= 4 is 18.0 Å². The second-order valence-electron chi connectivity index (χ2n) is 6.50. The van der Waals surface area contributed by atoms with Crippen molar-refractivity contribution in [2.75, 3.05) is 32.8 Å². The number of nitrogens with zero attached hydrogens (tertiary/aromatic N) is 2. The average molecular weight is 374 g/mol. The van der Waals surface area contributed by atoms with Crippen LogP contribution in [0.25, 0.3) is 0 Å². The normalized spacial score (nSPS) is 14.2. The van der Waals surface area contributed by atoms with Crippen LogP contribution in [-0.4, -0.2) is 60.6 Å². The molecule has 0 spiro atoms. The lowest BCUT2D eigenvalue weighted by molar-refractivity contribution is -0.125. The molecule has 0 N–H and O–H groups in total. The number of rotatable bonds is 4. The minimum absolute atomic E-state index is 0.00948. The molecule has 7 nitrogen and oxygen atoms in total. The largest absolute Gasteiger partial charge is 0.513 e. The van der Waals surface area contributed by atoms with Crippen LogP contribution in [0.1, 0.15) is 37.6 Å². The van der Waals surface area contributed by atoms with Gasteiger partial charge in [0.05, 0.1) is 6.61 Å². The minimum atomic E-state index is -0.773. The van der Waals surface area contributed by atoms with Gasteiger partial charge < -0.3 is 19.3 Å². The van der Waals surface area contributed by atoms with Gasteiger partial charge in [0.15, 0.2) is 0 Å². The average Bonchev–Trinajstić information content (AvgIpc) is 2.87. The molecular weight excluding hydrogens is 348 g/mol. The number of carbonyl (C=O) groups excluding carboxylic acids is 3. The summed E-state index contributed by atoms with van der Waals surface area (Å²) >= 11 is 0. The van der Waals surface area contributed by atoms with Gasteiger partial charge in [0, 0.05) is 37.8 Å². The molecule has 1 aliphatic rings. The van der Waals surface area contributed by atoms with Crippen molar-refractivity contribution in [3.8, 4) is 5.75 Å². The van der Waals surface area contributed by atoms with E-state index in [1.807, 2.05) is 13.8 Å². The summed E-state index contributed by atoms with van der Waals surface area (Å²) in [5, 5.41) is 0. The van der Waals surface area contributed by atoms with Crippen LogP contribution in [0, 0.1) is 0 Å². The van der Waals surface area contributed by atoms with Gasteiger partial charge in [0.1, 0.15) is 5.75 Å². The van der Waals surface area contributed by atoms with Gasteiger partial charge in [-0.05, 0) is 51.5 Å². The maximum Gasteiger partial charge on any atom is 0.513 e. The van der Waals surface area contributed by atoms with Crippen molar-refractivity contribution in [2.24, 2.45) is 0 Å². The molecule has 1 saturated heterocycles. The van der Waals surface area contributed by atoms with Crippen LogP contribution in [0.5, 0.6) is 5.75 Å². The summed E-state index contributed by atoms with van der Waals surface area (Å²) in [5.41, 5.74) is 1.47. The molecule has 0 bridgehead atoms. The summed E-state index contributed by atoms with van der Waals surface area (Å²) in [6.45, 7) is 7.94. The van der Waals surface area contributed by atoms with Crippen molar-refractivity contribution in [1.82, 2.24) is 9.80 Å². The van der Waals surface area contributed by atoms with Gasteiger partial charge in [-0.1, -0.05) is 5.57 Å². The van der Waals surface area contributed by atoms with Crippen LogP contribution in [-0.2, 0) is 9.53 Å². The molecule has 1 aromatic carbocycles. The van der Waals surface area contributed by atoms with Crippen molar-refractivity contribution in [3.05, 3.63) is 41.5 Å². The standard InChI is InChI=1S/C20H26N2O5/c1-4-26-20(25)27-17-8-6-16(7-9-17)19(24)22-11-5-10-21(12-13-22)18(23)14-15(2)3/h6-9,14H,4-5,10-13H2,1-3H3. The molecule has 0 atom stereocenters.